The van der Waals surface area contributed by atoms with Gasteiger partial charge in [0.1, 0.15) is 11.4 Å². The van der Waals surface area contributed by atoms with Crippen molar-refractivity contribution in [2.24, 2.45) is 0 Å². The number of nitrogens with zero attached hydrogens (tertiary/aromatic N) is 3. The summed E-state index contributed by atoms with van der Waals surface area (Å²) in [7, 11) is 3.92. The Hall–Kier alpha value is -2.15. The molecule has 0 aliphatic heterocycles. The van der Waals surface area contributed by atoms with Gasteiger partial charge in [0.25, 0.3) is 6.47 Å². The van der Waals surface area contributed by atoms with E-state index in [0.29, 0.717) is 12.2 Å². The molecule has 7 heteroatoms. The van der Waals surface area contributed by atoms with E-state index in [0.717, 1.165) is 34.6 Å². The molecule has 1 N–H and O–H groups in total. The van der Waals surface area contributed by atoms with Crippen molar-refractivity contribution in [1.82, 2.24) is 14.5 Å². The second-order valence-electron chi connectivity index (χ2n) is 6.83. The minimum Gasteiger partial charge on any atom is -0.508 e. The highest BCUT2D eigenvalue weighted by Gasteiger charge is 2.21. The largest absolute Gasteiger partial charge is 0.508 e. The monoisotopic (exact) mass is 349 g/mol. The number of hydrogen-bond acceptors (Lipinski definition) is 5. The zero-order valence-electron chi connectivity index (χ0n) is 14.7. The number of phenols is 1. The molecule has 4 aromatic rings. The number of aryl methyl sites for hydroxylation is 1. The molecule has 4 bridgehead atoms. The summed E-state index contributed by atoms with van der Waals surface area (Å²) in [5.41, 5.74) is 2.80. The first-order valence-electron chi connectivity index (χ1n) is 7.70. The zero-order chi connectivity index (χ0) is 18.1. The lowest BCUT2D eigenvalue weighted by molar-refractivity contribution is -0.138. The molecule has 0 radical (unpaired) electrons. The van der Waals surface area contributed by atoms with E-state index >= 15 is 0 Å². The van der Waals surface area contributed by atoms with Crippen LogP contribution in [0.2, 0.25) is 0 Å². The van der Waals surface area contributed by atoms with E-state index in [1.807, 2.05) is 44.3 Å². The van der Waals surface area contributed by atoms with Crippen LogP contribution in [0.1, 0.15) is 32.9 Å². The summed E-state index contributed by atoms with van der Waals surface area (Å²) in [5.74, 6) is 0.315. The van der Waals surface area contributed by atoms with Gasteiger partial charge in [0.15, 0.2) is 0 Å². The fraction of sp³-hybridized carbons (Fsp3) is 0.471. The summed E-state index contributed by atoms with van der Waals surface area (Å²) < 4.78 is 6.43. The van der Waals surface area contributed by atoms with Gasteiger partial charge in [-0.05, 0) is 27.2 Å². The molecule has 0 aromatic carbocycles. The minimum absolute atomic E-state index is 0.315. The van der Waals surface area contributed by atoms with E-state index in [-0.39, 0.29) is 5.60 Å². The van der Waals surface area contributed by atoms with Crippen LogP contribution >= 0.6 is 12.2 Å². The third kappa shape index (κ3) is 3.84. The third-order valence-corrected chi connectivity index (χ3v) is 4.09. The molecule has 6 nitrogen and oxygen atoms in total. The van der Waals surface area contributed by atoms with E-state index in [2.05, 4.69) is 9.84 Å². The molecular formula is C17H23N3O3S. The fourth-order valence-electron chi connectivity index (χ4n) is 2.35. The van der Waals surface area contributed by atoms with Gasteiger partial charge in [0.2, 0.25) is 0 Å². The summed E-state index contributed by atoms with van der Waals surface area (Å²) in [6.45, 7) is 5.92. The van der Waals surface area contributed by atoms with Crippen molar-refractivity contribution in [1.29, 1.82) is 0 Å². The highest BCUT2D eigenvalue weighted by Crippen LogP contribution is 2.35. The van der Waals surface area contributed by atoms with E-state index in [4.69, 9.17) is 12.2 Å². The summed E-state index contributed by atoms with van der Waals surface area (Å²) in [4.78, 5) is 12.5. The standard InChI is InChI=1S/C12H13N3OS.C5H10O2/c1-14(2)11(17)4-3-8-12-9-5-7(16)6-10(12)15(9)13-8;1-5(2,3)7-4-6/h5-6,16H,3-4H2,1-2H3;4H,1-3H3. The Kier molecular flexibility index (Phi) is 5.13. The zero-order valence-corrected chi connectivity index (χ0v) is 15.5. The number of rotatable bonds is 4. The predicted octanol–water partition coefficient (Wildman–Crippen LogP) is 2.85. The van der Waals surface area contributed by atoms with Gasteiger partial charge in [-0.15, -0.1) is 0 Å². The maximum Gasteiger partial charge on any atom is 0.293 e. The Morgan fingerprint density at radius 2 is 1.96 bits per heavy atom. The maximum absolute atomic E-state index is 9.60. The van der Waals surface area contributed by atoms with Crippen molar-refractivity contribution < 1.29 is 14.6 Å². The Labute approximate surface area is 146 Å². The van der Waals surface area contributed by atoms with Gasteiger partial charge in [-0.2, -0.15) is 5.10 Å². The maximum atomic E-state index is 9.60. The smallest absolute Gasteiger partial charge is 0.293 e. The van der Waals surface area contributed by atoms with Gasteiger partial charge in [0, 0.05) is 38.0 Å². The van der Waals surface area contributed by atoms with E-state index in [1.54, 1.807) is 12.1 Å². The molecule has 0 aliphatic rings. The fourth-order valence-corrected chi connectivity index (χ4v) is 2.45. The average Bonchev–Trinajstić information content (AvgIpc) is 3.01. The molecule has 0 spiro atoms. The molecule has 0 unspecified atom stereocenters. The molecule has 0 aliphatic carbocycles. The molecule has 0 atom stereocenters. The van der Waals surface area contributed by atoms with Crippen molar-refractivity contribution in [3.05, 3.63) is 17.8 Å². The van der Waals surface area contributed by atoms with Crippen LogP contribution in [-0.4, -0.2) is 50.8 Å². The Morgan fingerprint density at radius 1 is 1.38 bits per heavy atom. The molecule has 4 rings (SSSR count). The second kappa shape index (κ2) is 6.76. The number of aromatic hydroxyl groups is 1. The van der Waals surface area contributed by atoms with Gasteiger partial charge in [-0.25, -0.2) is 4.52 Å². The summed E-state index contributed by atoms with van der Waals surface area (Å²) in [6.07, 6.45) is 1.70. The van der Waals surface area contributed by atoms with E-state index in [9.17, 15) is 9.90 Å². The Bertz CT molecular complexity index is 787. The Balaban J connectivity index is 0.000000256. The van der Waals surface area contributed by atoms with Gasteiger partial charge in [-0.3, -0.25) is 4.79 Å². The van der Waals surface area contributed by atoms with Gasteiger partial charge in [0.05, 0.1) is 21.7 Å². The van der Waals surface area contributed by atoms with Crippen molar-refractivity contribution in [2.45, 2.75) is 39.2 Å². The van der Waals surface area contributed by atoms with E-state index < -0.39 is 0 Å². The number of thiocarbonyl (C=S) groups is 1. The van der Waals surface area contributed by atoms with Crippen LogP contribution in [0.3, 0.4) is 0 Å². The lowest BCUT2D eigenvalue weighted by atomic mass is 10.1. The normalized spacial score (nSPS) is 11.5. The second-order valence-corrected chi connectivity index (χ2v) is 7.30. The lowest BCUT2D eigenvalue weighted by Gasteiger charge is -2.14. The van der Waals surface area contributed by atoms with Crippen LogP contribution in [0, 0.1) is 0 Å². The highest BCUT2D eigenvalue weighted by atomic mass is 32.1. The topological polar surface area (TPSA) is 67.1 Å². The van der Waals surface area contributed by atoms with E-state index in [1.165, 1.54) is 5.39 Å². The molecule has 24 heavy (non-hydrogen) atoms. The molecule has 0 saturated heterocycles. The first-order valence-corrected chi connectivity index (χ1v) is 8.11. The van der Waals surface area contributed by atoms with Gasteiger partial charge in [-0.1, -0.05) is 12.2 Å². The quantitative estimate of drug-likeness (QED) is 0.577. The third-order valence-electron chi connectivity index (χ3n) is 3.52. The number of pyridine rings is 1. The predicted molar refractivity (Wildman–Crippen MR) is 98.2 cm³/mol. The van der Waals surface area contributed by atoms with Crippen LogP contribution in [-0.2, 0) is 16.0 Å². The average molecular weight is 349 g/mol. The molecule has 130 valence electrons. The number of benzene rings is 1. The lowest BCUT2D eigenvalue weighted by Crippen LogP contribution is -2.19. The van der Waals surface area contributed by atoms with Crippen molar-refractivity contribution in [2.75, 3.05) is 14.1 Å². The SMILES string of the molecule is CC(C)(C)OC=O.CN(C)C(=S)CCc1nn2c3cc(O)cc2c13. The van der Waals surface area contributed by atoms with Crippen molar-refractivity contribution >= 4 is 40.1 Å². The molecule has 0 fully saturated rings. The summed E-state index contributed by atoms with van der Waals surface area (Å²) in [6, 6.07) is 3.51. The van der Waals surface area contributed by atoms with Crippen molar-refractivity contribution in [3.8, 4) is 5.75 Å². The Morgan fingerprint density at radius 3 is 2.38 bits per heavy atom. The van der Waals surface area contributed by atoms with Gasteiger partial charge < -0.3 is 14.7 Å². The van der Waals surface area contributed by atoms with Crippen LogP contribution in [0.4, 0.5) is 0 Å². The van der Waals surface area contributed by atoms with Crippen LogP contribution in [0.15, 0.2) is 12.1 Å². The number of ether oxygens (including phenoxy) is 1. The van der Waals surface area contributed by atoms with Crippen LogP contribution < -0.4 is 0 Å². The summed E-state index contributed by atoms with van der Waals surface area (Å²) >= 11 is 5.26. The summed E-state index contributed by atoms with van der Waals surface area (Å²) in [5, 5.41) is 15.1. The number of fused-ring (bicyclic) bond motifs is 1. The number of hydrogen-bond donors (Lipinski definition) is 1. The number of aromatic nitrogens is 2. The number of carbonyl (C=O) groups is 1. The molecular weight excluding hydrogens is 326 g/mol. The number of carbonyl (C=O) groups excluding carboxylic acids is 1. The molecule has 0 saturated carbocycles. The first-order chi connectivity index (χ1) is 11.1. The molecule has 4 heterocycles. The molecule has 4 aromatic heterocycles. The first kappa shape index (κ1) is 18.2. The minimum atomic E-state index is -0.318. The van der Waals surface area contributed by atoms with Crippen LogP contribution in [0.25, 0.3) is 16.4 Å². The van der Waals surface area contributed by atoms with Crippen LogP contribution in [0.5, 0.6) is 5.75 Å². The highest BCUT2D eigenvalue weighted by molar-refractivity contribution is 7.80. The van der Waals surface area contributed by atoms with Crippen molar-refractivity contribution in [3.63, 3.8) is 0 Å². The van der Waals surface area contributed by atoms with Gasteiger partial charge >= 0.3 is 0 Å². The number of phenolic OH excluding ortho intramolecular Hbond substituents is 1. The molecule has 0 amide bonds.